The Kier molecular flexibility index (Phi) is 6.47. The second kappa shape index (κ2) is 9.22. The Balaban J connectivity index is 1.43. The minimum absolute atomic E-state index is 0.223. The van der Waals surface area contributed by atoms with Crippen LogP contribution in [0, 0.1) is 0 Å². The molecule has 0 unspecified atom stereocenters. The molecule has 0 radical (unpaired) electrons. The number of hydrogen-bond donors (Lipinski definition) is 2. The zero-order valence-corrected chi connectivity index (χ0v) is 16.2. The second-order valence-corrected chi connectivity index (χ2v) is 7.87. The van der Waals surface area contributed by atoms with Crippen molar-refractivity contribution in [2.45, 2.75) is 42.0 Å². The van der Waals surface area contributed by atoms with Crippen LogP contribution in [0.25, 0.3) is 0 Å². The number of hydrogen-bond acceptors (Lipinski definition) is 6. The Labute approximate surface area is 168 Å². The lowest BCUT2D eigenvalue weighted by Crippen LogP contribution is -2.58. The van der Waals surface area contributed by atoms with Crippen LogP contribution >= 0.6 is 11.8 Å². The van der Waals surface area contributed by atoms with Crippen LogP contribution in [0.2, 0.25) is 0 Å². The highest BCUT2D eigenvalue weighted by Gasteiger charge is 2.50. The predicted molar refractivity (Wildman–Crippen MR) is 107 cm³/mol. The SMILES string of the molecule is OC[C@H]1O[C@@H]2C(=CSc3ccccc3)CO[C@@H]2[C@@H](O)[C@@H]1OCc1ccccc1. The first kappa shape index (κ1) is 19.6. The summed E-state index contributed by atoms with van der Waals surface area (Å²) in [4.78, 5) is 1.12. The molecule has 4 rings (SSSR count). The van der Waals surface area contributed by atoms with Crippen molar-refractivity contribution in [1.82, 2.24) is 0 Å². The normalized spacial score (nSPS) is 31.1. The summed E-state index contributed by atoms with van der Waals surface area (Å²) in [5.74, 6) is 0. The molecule has 28 heavy (non-hydrogen) atoms. The second-order valence-electron chi connectivity index (χ2n) is 6.93. The summed E-state index contributed by atoms with van der Waals surface area (Å²) < 4.78 is 17.8. The molecule has 2 heterocycles. The minimum Gasteiger partial charge on any atom is -0.394 e. The molecule has 2 aromatic carbocycles. The molecule has 5 nitrogen and oxygen atoms in total. The fraction of sp³-hybridized carbons (Fsp3) is 0.364. The molecule has 0 aliphatic carbocycles. The molecule has 2 aliphatic heterocycles. The van der Waals surface area contributed by atoms with Crippen molar-refractivity contribution in [3.05, 3.63) is 77.2 Å². The zero-order valence-electron chi connectivity index (χ0n) is 15.4. The van der Waals surface area contributed by atoms with Crippen molar-refractivity contribution in [1.29, 1.82) is 0 Å². The van der Waals surface area contributed by atoms with Crippen LogP contribution in [-0.2, 0) is 20.8 Å². The molecule has 0 bridgehead atoms. The van der Waals surface area contributed by atoms with Gasteiger partial charge in [-0.05, 0) is 28.7 Å². The molecule has 148 valence electrons. The molecule has 0 aromatic heterocycles. The van der Waals surface area contributed by atoms with Gasteiger partial charge in [-0.1, -0.05) is 60.3 Å². The summed E-state index contributed by atoms with van der Waals surface area (Å²) in [5.41, 5.74) is 1.97. The number of ether oxygens (including phenoxy) is 3. The van der Waals surface area contributed by atoms with Crippen molar-refractivity contribution in [2.24, 2.45) is 0 Å². The van der Waals surface area contributed by atoms with E-state index in [1.807, 2.05) is 66.1 Å². The lowest BCUT2D eigenvalue weighted by atomic mass is 9.93. The van der Waals surface area contributed by atoms with Crippen LogP contribution < -0.4 is 0 Å². The topological polar surface area (TPSA) is 68.2 Å². The van der Waals surface area contributed by atoms with E-state index in [1.54, 1.807) is 11.8 Å². The molecule has 0 amide bonds. The summed E-state index contributed by atoms with van der Waals surface area (Å²) in [7, 11) is 0. The van der Waals surface area contributed by atoms with Crippen molar-refractivity contribution >= 4 is 11.8 Å². The summed E-state index contributed by atoms with van der Waals surface area (Å²) in [6, 6.07) is 19.8. The molecule has 6 heteroatoms. The van der Waals surface area contributed by atoms with E-state index in [0.29, 0.717) is 13.2 Å². The lowest BCUT2D eigenvalue weighted by Gasteiger charge is -2.41. The van der Waals surface area contributed by atoms with Gasteiger partial charge >= 0.3 is 0 Å². The Morgan fingerprint density at radius 1 is 1.07 bits per heavy atom. The average Bonchev–Trinajstić information content (AvgIpc) is 3.16. The molecule has 0 saturated carbocycles. The standard InChI is InChI=1S/C22H24O5S/c23-11-18-21(25-12-15-7-3-1-4-8-15)19(24)22-20(27-18)16(13-26-22)14-28-17-9-5-2-6-10-17/h1-10,14,18-24H,11-13H2/t18-,19+,20-,21-,22-/m1/s1. The maximum absolute atomic E-state index is 10.8. The maximum atomic E-state index is 10.8. The third-order valence-electron chi connectivity index (χ3n) is 5.02. The van der Waals surface area contributed by atoms with Crippen LogP contribution in [0.15, 0.2) is 76.5 Å². The summed E-state index contributed by atoms with van der Waals surface area (Å²) in [6.45, 7) is 0.515. The van der Waals surface area contributed by atoms with Gasteiger partial charge in [-0.15, -0.1) is 0 Å². The van der Waals surface area contributed by atoms with E-state index in [4.69, 9.17) is 14.2 Å². The molecule has 2 saturated heterocycles. The number of aliphatic hydroxyl groups is 2. The summed E-state index contributed by atoms with van der Waals surface area (Å²) in [5, 5.41) is 22.7. The molecule has 2 fully saturated rings. The van der Waals surface area contributed by atoms with Gasteiger partial charge in [0.05, 0.1) is 19.8 Å². The highest BCUT2D eigenvalue weighted by molar-refractivity contribution is 8.02. The first-order valence-corrected chi connectivity index (χ1v) is 10.3. The van der Waals surface area contributed by atoms with Gasteiger partial charge in [0.25, 0.3) is 0 Å². The third-order valence-corrected chi connectivity index (χ3v) is 5.99. The Hall–Kier alpha value is -1.67. The quantitative estimate of drug-likeness (QED) is 0.727. The van der Waals surface area contributed by atoms with E-state index in [1.165, 1.54) is 0 Å². The molecule has 5 atom stereocenters. The molecular weight excluding hydrogens is 376 g/mol. The van der Waals surface area contributed by atoms with E-state index in [2.05, 4.69) is 0 Å². The van der Waals surface area contributed by atoms with Crippen molar-refractivity contribution < 1.29 is 24.4 Å². The van der Waals surface area contributed by atoms with Crippen molar-refractivity contribution in [2.75, 3.05) is 13.2 Å². The van der Waals surface area contributed by atoms with Crippen molar-refractivity contribution in [3.8, 4) is 0 Å². The monoisotopic (exact) mass is 400 g/mol. The Morgan fingerprint density at radius 3 is 2.50 bits per heavy atom. The summed E-state index contributed by atoms with van der Waals surface area (Å²) in [6.07, 6.45) is -2.99. The van der Waals surface area contributed by atoms with Gasteiger partial charge in [-0.2, -0.15) is 0 Å². The Bertz CT molecular complexity index is 782. The van der Waals surface area contributed by atoms with Crippen LogP contribution in [0.1, 0.15) is 5.56 Å². The third kappa shape index (κ3) is 4.33. The smallest absolute Gasteiger partial charge is 0.117 e. The van der Waals surface area contributed by atoms with Gasteiger partial charge in [-0.25, -0.2) is 0 Å². The number of rotatable bonds is 6. The van der Waals surface area contributed by atoms with E-state index >= 15 is 0 Å². The first-order valence-electron chi connectivity index (χ1n) is 9.38. The summed E-state index contributed by atoms with van der Waals surface area (Å²) >= 11 is 1.59. The highest BCUT2D eigenvalue weighted by atomic mass is 32.2. The molecule has 2 aliphatic rings. The van der Waals surface area contributed by atoms with E-state index in [-0.39, 0.29) is 12.7 Å². The maximum Gasteiger partial charge on any atom is 0.117 e. The largest absolute Gasteiger partial charge is 0.394 e. The fourth-order valence-corrected chi connectivity index (χ4v) is 4.36. The van der Waals surface area contributed by atoms with Crippen LogP contribution in [0.4, 0.5) is 0 Å². The minimum atomic E-state index is -0.868. The van der Waals surface area contributed by atoms with Gasteiger partial charge in [0, 0.05) is 4.90 Å². The van der Waals surface area contributed by atoms with E-state index in [0.717, 1.165) is 16.0 Å². The number of aliphatic hydroxyl groups excluding tert-OH is 2. The Morgan fingerprint density at radius 2 is 1.79 bits per heavy atom. The highest BCUT2D eigenvalue weighted by Crippen LogP contribution is 2.36. The van der Waals surface area contributed by atoms with Gasteiger partial charge < -0.3 is 24.4 Å². The van der Waals surface area contributed by atoms with Gasteiger partial charge in [0.15, 0.2) is 0 Å². The van der Waals surface area contributed by atoms with Gasteiger partial charge in [0.1, 0.15) is 30.5 Å². The zero-order chi connectivity index (χ0) is 19.3. The van der Waals surface area contributed by atoms with Gasteiger partial charge in [0.2, 0.25) is 0 Å². The lowest BCUT2D eigenvalue weighted by molar-refractivity contribution is -0.228. The van der Waals surface area contributed by atoms with Crippen LogP contribution in [-0.4, -0.2) is 53.9 Å². The van der Waals surface area contributed by atoms with E-state index in [9.17, 15) is 10.2 Å². The van der Waals surface area contributed by atoms with E-state index < -0.39 is 24.4 Å². The molecule has 2 N–H and O–H groups in total. The van der Waals surface area contributed by atoms with Gasteiger partial charge in [-0.3, -0.25) is 0 Å². The van der Waals surface area contributed by atoms with Crippen LogP contribution in [0.5, 0.6) is 0 Å². The molecular formula is C22H24O5S. The van der Waals surface area contributed by atoms with Crippen molar-refractivity contribution in [3.63, 3.8) is 0 Å². The molecule has 2 aromatic rings. The number of fused-ring (bicyclic) bond motifs is 1. The average molecular weight is 400 g/mol. The number of benzene rings is 2. The predicted octanol–water partition coefficient (Wildman–Crippen LogP) is 2.77. The van der Waals surface area contributed by atoms with Crippen LogP contribution in [0.3, 0.4) is 0 Å². The number of thioether (sulfide) groups is 1. The first-order chi connectivity index (χ1) is 13.8. The fourth-order valence-electron chi connectivity index (χ4n) is 3.55. The molecule has 0 spiro atoms.